The summed E-state index contributed by atoms with van der Waals surface area (Å²) >= 11 is 3.37. The van der Waals surface area contributed by atoms with Gasteiger partial charge in [-0.25, -0.2) is 8.42 Å². The molecular weight excluding hydrogens is 318 g/mol. The summed E-state index contributed by atoms with van der Waals surface area (Å²) in [6, 6.07) is 7.50. The highest BCUT2D eigenvalue weighted by molar-refractivity contribution is 9.10. The number of halogens is 1. The van der Waals surface area contributed by atoms with E-state index in [0.29, 0.717) is 13.2 Å². The molecule has 1 aromatic rings. The molecule has 4 nitrogen and oxygen atoms in total. The molecule has 1 atom stereocenters. The molecule has 0 saturated carbocycles. The average molecular weight is 332 g/mol. The van der Waals surface area contributed by atoms with Crippen LogP contribution in [0.15, 0.2) is 40.2 Å². The van der Waals surface area contributed by atoms with E-state index in [-0.39, 0.29) is 11.8 Å². The SMILES string of the molecule is O=S1(=O)C=CC(NCCOc2cccc(Br)c2)C1. The minimum absolute atomic E-state index is 0.0962. The second-order valence-corrected chi connectivity index (χ2v) is 6.87. The number of sulfone groups is 1. The fourth-order valence-electron chi connectivity index (χ4n) is 1.67. The second kappa shape index (κ2) is 5.86. The number of ether oxygens (including phenoxy) is 1. The summed E-state index contributed by atoms with van der Waals surface area (Å²) in [6.07, 6.45) is 1.68. The molecule has 0 aromatic heterocycles. The highest BCUT2D eigenvalue weighted by atomic mass is 79.9. The topological polar surface area (TPSA) is 55.4 Å². The van der Waals surface area contributed by atoms with Crippen molar-refractivity contribution in [3.8, 4) is 5.75 Å². The fourth-order valence-corrected chi connectivity index (χ4v) is 3.32. The van der Waals surface area contributed by atoms with E-state index in [0.717, 1.165) is 10.2 Å². The van der Waals surface area contributed by atoms with Crippen molar-refractivity contribution in [3.63, 3.8) is 0 Å². The zero-order chi connectivity index (χ0) is 13.0. The van der Waals surface area contributed by atoms with Gasteiger partial charge < -0.3 is 10.1 Å². The number of nitrogens with one attached hydrogen (secondary N) is 1. The van der Waals surface area contributed by atoms with Gasteiger partial charge in [-0.1, -0.05) is 28.1 Å². The summed E-state index contributed by atoms with van der Waals surface area (Å²) in [6.45, 7) is 1.11. The van der Waals surface area contributed by atoms with E-state index < -0.39 is 9.84 Å². The van der Waals surface area contributed by atoms with E-state index in [1.54, 1.807) is 6.08 Å². The molecule has 18 heavy (non-hydrogen) atoms. The first-order valence-corrected chi connectivity index (χ1v) is 8.09. The third-order valence-corrected chi connectivity index (χ3v) is 4.39. The van der Waals surface area contributed by atoms with Crippen LogP contribution >= 0.6 is 15.9 Å². The molecule has 1 aliphatic rings. The van der Waals surface area contributed by atoms with Crippen molar-refractivity contribution in [2.24, 2.45) is 0 Å². The minimum Gasteiger partial charge on any atom is -0.492 e. The number of rotatable bonds is 5. The lowest BCUT2D eigenvalue weighted by Gasteiger charge is -2.11. The molecule has 0 aliphatic carbocycles. The molecule has 1 unspecified atom stereocenters. The van der Waals surface area contributed by atoms with Crippen LogP contribution in [-0.2, 0) is 9.84 Å². The highest BCUT2D eigenvalue weighted by Gasteiger charge is 2.20. The maximum atomic E-state index is 11.2. The summed E-state index contributed by atoms with van der Waals surface area (Å²) < 4.78 is 28.8. The Balaban J connectivity index is 1.70. The lowest BCUT2D eigenvalue weighted by Crippen LogP contribution is -2.33. The predicted octanol–water partition coefficient (Wildman–Crippen LogP) is 1.73. The van der Waals surface area contributed by atoms with Crippen LogP contribution in [0.2, 0.25) is 0 Å². The van der Waals surface area contributed by atoms with Crippen molar-refractivity contribution in [2.45, 2.75) is 6.04 Å². The van der Waals surface area contributed by atoms with Crippen LogP contribution in [-0.4, -0.2) is 33.4 Å². The van der Waals surface area contributed by atoms with Gasteiger partial charge in [-0.15, -0.1) is 0 Å². The van der Waals surface area contributed by atoms with Gasteiger partial charge >= 0.3 is 0 Å². The van der Waals surface area contributed by atoms with Crippen molar-refractivity contribution in [3.05, 3.63) is 40.2 Å². The minimum atomic E-state index is -2.98. The zero-order valence-electron chi connectivity index (χ0n) is 9.67. The Morgan fingerprint density at radius 2 is 2.28 bits per heavy atom. The summed E-state index contributed by atoms with van der Waals surface area (Å²) in [5.41, 5.74) is 0. The first-order chi connectivity index (χ1) is 8.55. The van der Waals surface area contributed by atoms with Gasteiger partial charge in [0.2, 0.25) is 0 Å². The Bertz CT molecular complexity index is 542. The fraction of sp³-hybridized carbons (Fsp3) is 0.333. The van der Waals surface area contributed by atoms with E-state index >= 15 is 0 Å². The molecule has 1 heterocycles. The number of benzene rings is 1. The van der Waals surface area contributed by atoms with Crippen molar-refractivity contribution in [1.29, 1.82) is 0 Å². The third kappa shape index (κ3) is 4.12. The van der Waals surface area contributed by atoms with Crippen LogP contribution in [0.25, 0.3) is 0 Å². The molecule has 6 heteroatoms. The van der Waals surface area contributed by atoms with Crippen molar-refractivity contribution in [1.82, 2.24) is 5.32 Å². The highest BCUT2D eigenvalue weighted by Crippen LogP contribution is 2.17. The molecular formula is C12H14BrNO3S. The maximum Gasteiger partial charge on any atom is 0.173 e. The van der Waals surface area contributed by atoms with Gasteiger partial charge in [-0.3, -0.25) is 0 Å². The van der Waals surface area contributed by atoms with Crippen LogP contribution in [0.4, 0.5) is 0 Å². The maximum absolute atomic E-state index is 11.2. The quantitative estimate of drug-likeness (QED) is 0.835. The van der Waals surface area contributed by atoms with Gasteiger partial charge in [0.15, 0.2) is 9.84 Å². The Morgan fingerprint density at radius 3 is 2.94 bits per heavy atom. The number of hydrogen-bond donors (Lipinski definition) is 1. The number of hydrogen-bond acceptors (Lipinski definition) is 4. The van der Waals surface area contributed by atoms with E-state index in [9.17, 15) is 8.42 Å². The van der Waals surface area contributed by atoms with Gasteiger partial charge in [0.1, 0.15) is 12.4 Å². The lowest BCUT2D eigenvalue weighted by atomic mass is 10.3. The van der Waals surface area contributed by atoms with Crippen LogP contribution in [0.1, 0.15) is 0 Å². The largest absolute Gasteiger partial charge is 0.492 e. The third-order valence-electron chi connectivity index (χ3n) is 2.50. The van der Waals surface area contributed by atoms with Crippen LogP contribution in [0, 0.1) is 0 Å². The normalized spacial score (nSPS) is 21.1. The Morgan fingerprint density at radius 1 is 1.44 bits per heavy atom. The molecule has 0 spiro atoms. The standard InChI is InChI=1S/C12H14BrNO3S/c13-10-2-1-3-12(8-10)17-6-5-14-11-4-7-18(15,16)9-11/h1-4,7-8,11,14H,5-6,9H2. The summed E-state index contributed by atoms with van der Waals surface area (Å²) in [7, 11) is -2.98. The molecule has 0 fully saturated rings. The summed E-state index contributed by atoms with van der Waals surface area (Å²) in [5.74, 6) is 0.935. The van der Waals surface area contributed by atoms with E-state index in [1.165, 1.54) is 5.41 Å². The molecule has 0 radical (unpaired) electrons. The molecule has 2 rings (SSSR count). The molecule has 1 aliphatic heterocycles. The van der Waals surface area contributed by atoms with E-state index in [2.05, 4.69) is 21.2 Å². The molecule has 0 amide bonds. The Labute approximate surface area is 115 Å². The average Bonchev–Trinajstić information content (AvgIpc) is 2.65. The molecule has 1 aromatic carbocycles. The Kier molecular flexibility index (Phi) is 4.42. The molecule has 0 bridgehead atoms. The van der Waals surface area contributed by atoms with Gasteiger partial charge in [-0.05, 0) is 18.2 Å². The van der Waals surface area contributed by atoms with Crippen molar-refractivity contribution < 1.29 is 13.2 Å². The monoisotopic (exact) mass is 331 g/mol. The van der Waals surface area contributed by atoms with Crippen molar-refractivity contribution >= 4 is 25.8 Å². The smallest absolute Gasteiger partial charge is 0.173 e. The van der Waals surface area contributed by atoms with Gasteiger partial charge in [0.25, 0.3) is 0 Å². The Hall–Kier alpha value is -0.850. The van der Waals surface area contributed by atoms with Crippen LogP contribution < -0.4 is 10.1 Å². The van der Waals surface area contributed by atoms with Crippen LogP contribution in [0.3, 0.4) is 0 Å². The predicted molar refractivity (Wildman–Crippen MR) is 74.4 cm³/mol. The first-order valence-electron chi connectivity index (χ1n) is 5.58. The molecule has 0 saturated heterocycles. The summed E-state index contributed by atoms with van der Waals surface area (Å²) in [4.78, 5) is 0. The first kappa shape index (κ1) is 13.6. The van der Waals surface area contributed by atoms with Crippen molar-refractivity contribution in [2.75, 3.05) is 18.9 Å². The zero-order valence-corrected chi connectivity index (χ0v) is 12.1. The van der Waals surface area contributed by atoms with E-state index in [4.69, 9.17) is 4.74 Å². The van der Waals surface area contributed by atoms with Gasteiger partial charge in [-0.2, -0.15) is 0 Å². The van der Waals surface area contributed by atoms with E-state index in [1.807, 2.05) is 24.3 Å². The van der Waals surface area contributed by atoms with Gasteiger partial charge in [0.05, 0.1) is 5.75 Å². The molecule has 98 valence electrons. The van der Waals surface area contributed by atoms with Crippen LogP contribution in [0.5, 0.6) is 5.75 Å². The lowest BCUT2D eigenvalue weighted by molar-refractivity contribution is 0.311. The molecule has 1 N–H and O–H groups in total. The van der Waals surface area contributed by atoms with Gasteiger partial charge in [0, 0.05) is 22.5 Å². The second-order valence-electron chi connectivity index (χ2n) is 4.02. The summed E-state index contributed by atoms with van der Waals surface area (Å²) in [5, 5.41) is 4.38.